The smallest absolute Gasteiger partial charge is 0.333 e. The maximum atomic E-state index is 11.4. The summed E-state index contributed by atoms with van der Waals surface area (Å²) in [6.45, 7) is 6.55. The van der Waals surface area contributed by atoms with Gasteiger partial charge < -0.3 is 9.64 Å². The summed E-state index contributed by atoms with van der Waals surface area (Å²) in [7, 11) is 0. The number of nitrogens with zero attached hydrogens (tertiary/aromatic N) is 2. The van der Waals surface area contributed by atoms with E-state index in [2.05, 4.69) is 17.5 Å². The molecule has 0 bridgehead atoms. The minimum Gasteiger partial charge on any atom is -0.460 e. The summed E-state index contributed by atoms with van der Waals surface area (Å²) in [5.41, 5.74) is 2.14. The molecule has 104 valence electrons. The van der Waals surface area contributed by atoms with Crippen molar-refractivity contribution in [3.8, 4) is 6.07 Å². The van der Waals surface area contributed by atoms with Gasteiger partial charge in [0.05, 0.1) is 17.7 Å². The standard InChI is InChI=1S/C16H18N2O2/c1-12(2)16(19)20-11-15-4-3-9-18(15)14-7-5-13(10-17)6-8-14/h5-8,15H,1,3-4,9,11H2,2H3. The number of anilines is 1. The molecule has 4 heteroatoms. The molecule has 1 aliphatic heterocycles. The van der Waals surface area contributed by atoms with Crippen LogP contribution in [0.3, 0.4) is 0 Å². The topological polar surface area (TPSA) is 53.3 Å². The highest BCUT2D eigenvalue weighted by Gasteiger charge is 2.26. The summed E-state index contributed by atoms with van der Waals surface area (Å²) in [5, 5.41) is 8.81. The maximum absolute atomic E-state index is 11.4. The zero-order chi connectivity index (χ0) is 14.5. The summed E-state index contributed by atoms with van der Waals surface area (Å²) in [5.74, 6) is -0.336. The van der Waals surface area contributed by atoms with E-state index in [1.165, 1.54) is 0 Å². The Labute approximate surface area is 119 Å². The zero-order valence-electron chi connectivity index (χ0n) is 11.6. The van der Waals surface area contributed by atoms with E-state index in [9.17, 15) is 4.79 Å². The fraction of sp³-hybridized carbons (Fsp3) is 0.375. The molecule has 4 nitrogen and oxygen atoms in total. The van der Waals surface area contributed by atoms with Crippen LogP contribution in [-0.4, -0.2) is 25.2 Å². The number of carbonyl (C=O) groups excluding carboxylic acids is 1. The average molecular weight is 270 g/mol. The second-order valence-corrected chi connectivity index (χ2v) is 5.03. The van der Waals surface area contributed by atoms with Crippen LogP contribution in [-0.2, 0) is 9.53 Å². The van der Waals surface area contributed by atoms with E-state index in [0.717, 1.165) is 25.1 Å². The number of ether oxygens (including phenoxy) is 1. The molecule has 20 heavy (non-hydrogen) atoms. The highest BCUT2D eigenvalue weighted by molar-refractivity contribution is 5.86. The highest BCUT2D eigenvalue weighted by Crippen LogP contribution is 2.26. The van der Waals surface area contributed by atoms with Gasteiger partial charge in [-0.2, -0.15) is 5.26 Å². The van der Waals surface area contributed by atoms with Crippen molar-refractivity contribution in [1.82, 2.24) is 0 Å². The van der Waals surface area contributed by atoms with Crippen LogP contribution >= 0.6 is 0 Å². The number of nitriles is 1. The number of hydrogen-bond donors (Lipinski definition) is 0. The Balaban J connectivity index is 2.01. The second-order valence-electron chi connectivity index (χ2n) is 5.03. The number of rotatable bonds is 4. The van der Waals surface area contributed by atoms with Crippen molar-refractivity contribution < 1.29 is 9.53 Å². The summed E-state index contributed by atoms with van der Waals surface area (Å²) < 4.78 is 5.25. The quantitative estimate of drug-likeness (QED) is 0.623. The van der Waals surface area contributed by atoms with E-state index < -0.39 is 0 Å². The lowest BCUT2D eigenvalue weighted by molar-refractivity contribution is -0.139. The van der Waals surface area contributed by atoms with Crippen molar-refractivity contribution >= 4 is 11.7 Å². The molecular formula is C16H18N2O2. The first-order chi connectivity index (χ1) is 9.61. The summed E-state index contributed by atoms with van der Waals surface area (Å²) in [4.78, 5) is 13.7. The van der Waals surface area contributed by atoms with Gasteiger partial charge in [0.2, 0.25) is 0 Å². The van der Waals surface area contributed by atoms with Crippen LogP contribution in [0, 0.1) is 11.3 Å². The van der Waals surface area contributed by atoms with Crippen LogP contribution in [0.2, 0.25) is 0 Å². The lowest BCUT2D eigenvalue weighted by Crippen LogP contribution is -2.34. The first-order valence-electron chi connectivity index (χ1n) is 6.71. The van der Waals surface area contributed by atoms with Gasteiger partial charge >= 0.3 is 5.97 Å². The first kappa shape index (κ1) is 14.1. The van der Waals surface area contributed by atoms with Crippen molar-refractivity contribution in [2.75, 3.05) is 18.1 Å². The molecule has 1 aliphatic rings. The van der Waals surface area contributed by atoms with E-state index in [1.807, 2.05) is 24.3 Å². The number of benzene rings is 1. The zero-order valence-corrected chi connectivity index (χ0v) is 11.6. The van der Waals surface area contributed by atoms with Gasteiger partial charge in [-0.05, 0) is 44.0 Å². The molecular weight excluding hydrogens is 252 g/mol. The third-order valence-corrected chi connectivity index (χ3v) is 3.46. The largest absolute Gasteiger partial charge is 0.460 e. The normalized spacial score (nSPS) is 17.6. The van der Waals surface area contributed by atoms with Gasteiger partial charge in [0.25, 0.3) is 0 Å². The first-order valence-corrected chi connectivity index (χ1v) is 6.71. The molecule has 1 saturated heterocycles. The Morgan fingerprint density at radius 3 is 2.80 bits per heavy atom. The molecule has 0 N–H and O–H groups in total. The summed E-state index contributed by atoms with van der Waals surface area (Å²) in [6, 6.07) is 9.82. The monoisotopic (exact) mass is 270 g/mol. The predicted octanol–water partition coefficient (Wildman–Crippen LogP) is 2.65. The molecule has 1 unspecified atom stereocenters. The van der Waals surface area contributed by atoms with E-state index in [-0.39, 0.29) is 12.0 Å². The minimum absolute atomic E-state index is 0.200. The van der Waals surface area contributed by atoms with E-state index in [4.69, 9.17) is 10.00 Å². The van der Waals surface area contributed by atoms with Gasteiger partial charge in [-0.3, -0.25) is 0 Å². The molecule has 1 aromatic rings. The molecule has 0 aliphatic carbocycles. The van der Waals surface area contributed by atoms with E-state index >= 15 is 0 Å². The van der Waals surface area contributed by atoms with Crippen molar-refractivity contribution in [3.05, 3.63) is 42.0 Å². The van der Waals surface area contributed by atoms with Gasteiger partial charge in [-0.15, -0.1) is 0 Å². The molecule has 1 fully saturated rings. The Morgan fingerprint density at radius 1 is 1.50 bits per heavy atom. The molecule has 0 amide bonds. The number of carbonyl (C=O) groups is 1. The maximum Gasteiger partial charge on any atom is 0.333 e. The highest BCUT2D eigenvalue weighted by atomic mass is 16.5. The molecule has 1 atom stereocenters. The van der Waals surface area contributed by atoms with Crippen LogP contribution < -0.4 is 4.90 Å². The Bertz CT molecular complexity index is 543. The second kappa shape index (κ2) is 6.25. The minimum atomic E-state index is -0.336. The predicted molar refractivity (Wildman–Crippen MR) is 77.3 cm³/mol. The Hall–Kier alpha value is -2.28. The Morgan fingerprint density at radius 2 is 2.20 bits per heavy atom. The Kier molecular flexibility index (Phi) is 4.41. The average Bonchev–Trinajstić information content (AvgIpc) is 2.93. The number of esters is 1. The van der Waals surface area contributed by atoms with Gasteiger partial charge in [0.1, 0.15) is 6.61 Å². The van der Waals surface area contributed by atoms with Crippen molar-refractivity contribution in [2.24, 2.45) is 0 Å². The van der Waals surface area contributed by atoms with Crippen LogP contribution in [0.15, 0.2) is 36.4 Å². The fourth-order valence-electron chi connectivity index (χ4n) is 2.37. The van der Waals surface area contributed by atoms with E-state index in [1.54, 1.807) is 6.92 Å². The van der Waals surface area contributed by atoms with E-state index in [0.29, 0.717) is 17.7 Å². The molecule has 2 rings (SSSR count). The molecule has 0 saturated carbocycles. The molecule has 1 aromatic carbocycles. The third kappa shape index (κ3) is 3.18. The molecule has 0 aromatic heterocycles. The van der Waals surface area contributed by atoms with Crippen molar-refractivity contribution in [3.63, 3.8) is 0 Å². The van der Waals surface area contributed by atoms with Crippen molar-refractivity contribution in [2.45, 2.75) is 25.8 Å². The van der Waals surface area contributed by atoms with Gasteiger partial charge in [-0.25, -0.2) is 4.79 Å². The SMILES string of the molecule is C=C(C)C(=O)OCC1CCCN1c1ccc(C#N)cc1. The van der Waals surface area contributed by atoms with Crippen LogP contribution in [0.1, 0.15) is 25.3 Å². The van der Waals surface area contributed by atoms with Crippen molar-refractivity contribution in [1.29, 1.82) is 5.26 Å². The van der Waals surface area contributed by atoms with Crippen LogP contribution in [0.5, 0.6) is 0 Å². The summed E-state index contributed by atoms with van der Waals surface area (Å²) >= 11 is 0. The fourth-order valence-corrected chi connectivity index (χ4v) is 2.37. The lowest BCUT2D eigenvalue weighted by Gasteiger charge is -2.26. The van der Waals surface area contributed by atoms with Gasteiger partial charge in [0, 0.05) is 17.8 Å². The molecule has 1 heterocycles. The number of hydrogen-bond acceptors (Lipinski definition) is 4. The third-order valence-electron chi connectivity index (χ3n) is 3.46. The van der Waals surface area contributed by atoms with Gasteiger partial charge in [0.15, 0.2) is 0 Å². The van der Waals surface area contributed by atoms with Crippen LogP contribution in [0.4, 0.5) is 5.69 Å². The van der Waals surface area contributed by atoms with Gasteiger partial charge in [-0.1, -0.05) is 6.58 Å². The lowest BCUT2D eigenvalue weighted by atomic mass is 10.2. The molecule has 0 spiro atoms. The summed E-state index contributed by atoms with van der Waals surface area (Å²) in [6.07, 6.45) is 2.08. The van der Waals surface area contributed by atoms with Crippen LogP contribution in [0.25, 0.3) is 0 Å². The molecule has 0 radical (unpaired) electrons.